The summed E-state index contributed by atoms with van der Waals surface area (Å²) in [6.45, 7) is 15.5. The number of quaternary nitrogens is 1. The van der Waals surface area contributed by atoms with Gasteiger partial charge < -0.3 is 134 Å². The van der Waals surface area contributed by atoms with Gasteiger partial charge in [-0.25, -0.2) is 0 Å². The normalized spacial score (nSPS) is 15.5. The molecule has 0 aliphatic carbocycles. The van der Waals surface area contributed by atoms with Crippen molar-refractivity contribution in [3.8, 4) is 5.75 Å². The van der Waals surface area contributed by atoms with Crippen molar-refractivity contribution in [2.75, 3.05) is 26.2 Å². The molecule has 0 saturated carbocycles. The molecule has 0 spiro atoms. The number of para-hydroxylation sites is 1. The third-order valence-electron chi connectivity index (χ3n) is 17.9. The van der Waals surface area contributed by atoms with Crippen molar-refractivity contribution in [1.29, 1.82) is 0 Å². The number of amides is 15. The maximum atomic E-state index is 14.1. The number of aromatic hydroxyl groups is 1. The first kappa shape index (κ1) is 99.1. The van der Waals surface area contributed by atoms with E-state index in [9.17, 15) is 97.1 Å². The minimum Gasteiger partial charge on any atom is -0.508 e. The summed E-state index contributed by atoms with van der Waals surface area (Å²) in [5.74, 6) is -16.0. The molecule has 0 radical (unpaired) electrons. The third-order valence-corrected chi connectivity index (χ3v) is 17.9. The number of hydrogen-bond donors (Lipinski definition) is 27. The molecule has 43 heteroatoms. The Morgan fingerprint density at radius 3 is 1.28 bits per heavy atom. The molecule has 0 bridgehead atoms. The number of nitrogens with one attached hydrogen (secondary N) is 18. The number of fused-ring (bicyclic) bond motifs is 1. The minimum atomic E-state index is -1.85. The van der Waals surface area contributed by atoms with Crippen LogP contribution in [0.4, 0.5) is 0 Å². The topological polar surface area (TPSA) is 706 Å². The van der Waals surface area contributed by atoms with Gasteiger partial charge in [0, 0.05) is 29.9 Å². The van der Waals surface area contributed by atoms with Crippen LogP contribution in [-0.4, -0.2) is 256 Å². The van der Waals surface area contributed by atoms with Crippen molar-refractivity contribution >= 4 is 105 Å². The Morgan fingerprint density at radius 1 is 0.414 bits per heavy atom. The highest BCUT2D eigenvalue weighted by Crippen LogP contribution is 2.20. The predicted octanol–water partition coefficient (Wildman–Crippen LogP) is -9.39. The van der Waals surface area contributed by atoms with Gasteiger partial charge in [0.15, 0.2) is 6.04 Å². The van der Waals surface area contributed by atoms with E-state index in [1.54, 1.807) is 58.2 Å². The van der Waals surface area contributed by atoms with Crippen molar-refractivity contribution in [1.82, 2.24) is 95.4 Å². The fourth-order valence-electron chi connectivity index (χ4n) is 11.2. The largest absolute Gasteiger partial charge is 0.508 e. The van der Waals surface area contributed by atoms with Crippen molar-refractivity contribution < 1.29 is 103 Å². The highest BCUT2D eigenvalue weighted by atomic mass is 16.4. The van der Waals surface area contributed by atoms with Crippen LogP contribution in [0, 0.1) is 11.8 Å². The zero-order chi connectivity index (χ0) is 87.5. The molecule has 0 fully saturated rings. The average Bonchev–Trinajstić information content (AvgIpc) is 1.66. The summed E-state index contributed by atoms with van der Waals surface area (Å²) in [4.78, 5) is 219. The van der Waals surface area contributed by atoms with Gasteiger partial charge in [0.25, 0.3) is 5.91 Å². The van der Waals surface area contributed by atoms with Crippen LogP contribution in [0.25, 0.3) is 10.9 Å². The monoisotopic (exact) mass is 1640 g/mol. The molecule has 3 aromatic rings. The molecule has 2 aromatic carbocycles. The Labute approximate surface area is 671 Å². The maximum Gasteiger partial charge on any atom is 0.325 e. The second-order valence-electron chi connectivity index (χ2n) is 29.2. The van der Waals surface area contributed by atoms with Gasteiger partial charge in [-0.1, -0.05) is 58.0 Å². The summed E-state index contributed by atoms with van der Waals surface area (Å²) in [5.41, 5.74) is 27.7. The number of benzene rings is 2. The zero-order valence-corrected chi connectivity index (χ0v) is 67.4. The number of H-pyrrole nitrogens is 1. The lowest BCUT2D eigenvalue weighted by atomic mass is 9.99. The molecule has 0 aliphatic heterocycles. The van der Waals surface area contributed by atoms with Crippen LogP contribution in [-0.2, 0) is 89.6 Å². The standard InChI is InChI=1S/C73H119N23O20/c1-33(2)27-50(66(110)86-37(7)60(104)85-39(9)62(106)91-52(29-44-30-81-47-18-14-13-17-46(44)47)67(111)87-38(8)59(103)84-36(6)61(105)88-40(10)71(115)116)92-69(113)55(34(3)4)94-53(100)31-82-63(107)51(28-43-21-23-45(99)24-22-43)93-70(114)57(42(12)98)95-54(101)32-83-68(112)56(41(11)97)96-65(109)49(20-16-26-80-73(77)78)90-64(108)48(89-58(102)35(5)74)19-15-25-79-72(75)76/h13-14,17-18,21-24,30,33-42,48-52,55-57,72-73,79-81,97-99H,15-16,19-20,25-29,31-32,74-78H2,1-12H3,(H,82,107)(H,83,112)(H,84,103)(H,85,104)(H,86,110)(H,87,111)(H,88,105)(H,89,102)(H,90,108)(H,91,106)(H,92,113)(H,93,114)(H,94,100)(H,95,101)(H,96,109)(H,115,116)/p+1/t35-,36-,37-,38-,39-,40-,41+,42+,48-,49-,50-,51-,52-,55-,56-,57-/m0/s1. The molecule has 1 aromatic heterocycles. The molecule has 0 aliphatic rings. The van der Waals surface area contributed by atoms with Gasteiger partial charge in [-0.05, 0) is 142 Å². The molecular formula is C73H120N23O20+. The number of aliphatic carboxylic acids is 1. The number of carbonyl (C=O) groups is 16. The van der Waals surface area contributed by atoms with E-state index in [-0.39, 0.29) is 69.7 Å². The van der Waals surface area contributed by atoms with Gasteiger partial charge in [0.1, 0.15) is 96.9 Å². The van der Waals surface area contributed by atoms with E-state index in [1.807, 2.05) is 0 Å². The zero-order valence-electron chi connectivity index (χ0n) is 67.4. The quantitative estimate of drug-likeness (QED) is 0.0184. The van der Waals surface area contributed by atoms with Crippen LogP contribution < -0.4 is 119 Å². The Hall–Kier alpha value is -11.1. The fourth-order valence-corrected chi connectivity index (χ4v) is 11.2. The number of nitrogens with two attached hydrogens (primary N) is 4. The van der Waals surface area contributed by atoms with Crippen LogP contribution in [0.15, 0.2) is 54.7 Å². The van der Waals surface area contributed by atoms with Gasteiger partial charge in [0.05, 0.1) is 25.3 Å². The van der Waals surface area contributed by atoms with Crippen LogP contribution in [0.3, 0.4) is 0 Å². The summed E-state index contributed by atoms with van der Waals surface area (Å²) in [5, 5.41) is 83.9. The van der Waals surface area contributed by atoms with E-state index < -0.39 is 223 Å². The molecule has 646 valence electrons. The van der Waals surface area contributed by atoms with Crippen molar-refractivity contribution in [3.05, 3.63) is 65.9 Å². The Balaban J connectivity index is 1.73. The number of carbonyl (C=O) groups excluding carboxylic acids is 15. The molecule has 116 heavy (non-hydrogen) atoms. The molecule has 0 unspecified atom stereocenters. The lowest BCUT2D eigenvalue weighted by molar-refractivity contribution is -0.398. The first-order valence-corrected chi connectivity index (χ1v) is 38.0. The van der Waals surface area contributed by atoms with Gasteiger partial charge in [-0.2, -0.15) is 0 Å². The Kier molecular flexibility index (Phi) is 41.9. The number of carboxylic acids is 1. The summed E-state index contributed by atoms with van der Waals surface area (Å²) in [6.07, 6.45) is -3.54. The highest BCUT2D eigenvalue weighted by Gasteiger charge is 2.37. The van der Waals surface area contributed by atoms with Gasteiger partial charge in [-0.15, -0.1) is 0 Å². The van der Waals surface area contributed by atoms with Gasteiger partial charge >= 0.3 is 5.97 Å². The van der Waals surface area contributed by atoms with E-state index >= 15 is 0 Å². The van der Waals surface area contributed by atoms with E-state index in [0.717, 1.165) is 13.8 Å². The first-order chi connectivity index (χ1) is 54.3. The summed E-state index contributed by atoms with van der Waals surface area (Å²) >= 11 is 0. The van der Waals surface area contributed by atoms with Crippen LogP contribution in [0.2, 0.25) is 0 Å². The molecule has 33 N–H and O–H groups in total. The van der Waals surface area contributed by atoms with E-state index in [4.69, 9.17) is 22.9 Å². The second kappa shape index (κ2) is 49.0. The SMILES string of the molecule is CC(C)C[C@H](NC(=O)[C@@H](NC(=O)CNC(=O)[C@H](Cc1ccc(O)cc1)NC(=O)[C@@H](NC(=O)CNC(=O)[C@@H](NC(=O)[C@H](CCCNC(N)N)NC(=O)[C@H](CCCNC(N)N)NC(=O)[C@H](C)[NH3+])[C@@H](C)O)[C@@H](C)O)C(C)C)C(=O)N[C@@H](C)C(=O)N[C@@H](C)C(=O)N[C@@H](Cc1c[nH]c2ccccc12)C(=O)N[C@@H](C)C(=O)N[C@@H](C)C(=O)N[C@@H](C)C(=O)O. The second-order valence-corrected chi connectivity index (χ2v) is 29.2. The molecular weight excluding hydrogens is 1520 g/mol. The number of aromatic nitrogens is 1. The minimum absolute atomic E-state index is 0.00475. The molecule has 1 heterocycles. The first-order valence-electron chi connectivity index (χ1n) is 38.0. The number of aliphatic hydroxyl groups is 2. The Morgan fingerprint density at radius 2 is 0.802 bits per heavy atom. The van der Waals surface area contributed by atoms with E-state index in [0.29, 0.717) is 22.0 Å². The number of hydrogen-bond acceptors (Lipinski definition) is 25. The lowest BCUT2D eigenvalue weighted by Crippen LogP contribution is -2.67. The van der Waals surface area contributed by atoms with Gasteiger partial charge in [0.2, 0.25) is 82.7 Å². The number of rotatable bonds is 50. The van der Waals surface area contributed by atoms with Gasteiger partial charge in [-0.3, -0.25) is 87.3 Å². The number of aliphatic hydroxyl groups excluding tert-OH is 2. The summed E-state index contributed by atoms with van der Waals surface area (Å²) in [7, 11) is 0. The number of aromatic amines is 1. The lowest BCUT2D eigenvalue weighted by Gasteiger charge is -2.27. The van der Waals surface area contributed by atoms with Crippen molar-refractivity contribution in [2.24, 2.45) is 34.8 Å². The Bertz CT molecular complexity index is 3840. The number of phenols is 1. The molecule has 16 atom stereocenters. The number of carboxylic acid groups (broad SMARTS) is 1. The van der Waals surface area contributed by atoms with E-state index in [1.165, 1.54) is 65.8 Å². The van der Waals surface area contributed by atoms with Crippen LogP contribution in [0.1, 0.15) is 126 Å². The third kappa shape index (κ3) is 35.0. The fraction of sp³-hybridized carbons (Fsp3) is 0.589. The molecule has 0 saturated heterocycles. The highest BCUT2D eigenvalue weighted by molar-refractivity contribution is 6.00. The summed E-state index contributed by atoms with van der Waals surface area (Å²) < 4.78 is 0. The average molecular weight is 1640 g/mol. The molecule has 43 nitrogen and oxygen atoms in total. The number of phenolic OH excluding ortho intramolecular Hbond substituents is 1. The van der Waals surface area contributed by atoms with Crippen molar-refractivity contribution in [2.45, 2.75) is 237 Å². The van der Waals surface area contributed by atoms with Crippen molar-refractivity contribution in [3.63, 3.8) is 0 Å². The maximum absolute atomic E-state index is 14.1. The summed E-state index contributed by atoms with van der Waals surface area (Å²) in [6, 6.07) is -6.66. The molecule has 3 rings (SSSR count). The smallest absolute Gasteiger partial charge is 0.325 e. The van der Waals surface area contributed by atoms with Crippen LogP contribution >= 0.6 is 0 Å². The molecule has 15 amide bonds. The predicted molar refractivity (Wildman–Crippen MR) is 420 cm³/mol. The van der Waals surface area contributed by atoms with E-state index in [2.05, 4.69) is 101 Å². The van der Waals surface area contributed by atoms with Crippen LogP contribution in [0.5, 0.6) is 5.75 Å².